The number of fused-ring (bicyclic) bond motifs is 1. The van der Waals surface area contributed by atoms with Gasteiger partial charge in [0.2, 0.25) is 0 Å². The number of aryl methyl sites for hydroxylation is 1. The van der Waals surface area contributed by atoms with Crippen molar-refractivity contribution in [1.82, 2.24) is 14.9 Å². The highest BCUT2D eigenvalue weighted by atomic mass is 16.6. The fraction of sp³-hybridized carbons (Fsp3) is 0.438. The molecule has 21 heavy (non-hydrogen) atoms. The van der Waals surface area contributed by atoms with Gasteiger partial charge in [-0.2, -0.15) is 0 Å². The average Bonchev–Trinajstić information content (AvgIpc) is 2.92. The Morgan fingerprint density at radius 1 is 1.19 bits per heavy atom. The summed E-state index contributed by atoms with van der Waals surface area (Å²) in [6.07, 6.45) is 4.84. The predicted molar refractivity (Wildman–Crippen MR) is 81.0 cm³/mol. The number of rotatable bonds is 6. The number of hydrogen-bond donors (Lipinski definition) is 1. The van der Waals surface area contributed by atoms with Gasteiger partial charge in [-0.3, -0.25) is 0 Å². The minimum absolute atomic E-state index is 0.638. The van der Waals surface area contributed by atoms with Crippen molar-refractivity contribution in [3.05, 3.63) is 42.0 Å². The first-order chi connectivity index (χ1) is 10.3. The molecular weight excluding hydrogens is 266 g/mol. The number of nitrogens with one attached hydrogen (secondary N) is 1. The molecule has 1 aromatic heterocycles. The van der Waals surface area contributed by atoms with Crippen molar-refractivity contribution >= 4 is 0 Å². The molecule has 0 saturated carbocycles. The topological polar surface area (TPSA) is 48.3 Å². The molecule has 0 fully saturated rings. The lowest BCUT2D eigenvalue weighted by Gasteiger charge is -2.18. The number of imidazole rings is 1. The zero-order valence-electron chi connectivity index (χ0n) is 12.3. The van der Waals surface area contributed by atoms with E-state index in [1.807, 2.05) is 25.4 Å². The van der Waals surface area contributed by atoms with E-state index in [9.17, 15) is 0 Å². The van der Waals surface area contributed by atoms with E-state index in [1.165, 1.54) is 5.56 Å². The van der Waals surface area contributed by atoms with E-state index in [0.29, 0.717) is 13.2 Å². The number of ether oxygens (including phenoxy) is 2. The quantitative estimate of drug-likeness (QED) is 0.823. The zero-order chi connectivity index (χ0) is 14.5. The molecule has 0 aliphatic carbocycles. The van der Waals surface area contributed by atoms with Gasteiger partial charge < -0.3 is 19.4 Å². The van der Waals surface area contributed by atoms with Crippen LogP contribution >= 0.6 is 0 Å². The maximum atomic E-state index is 5.60. The molecule has 0 spiro atoms. The van der Waals surface area contributed by atoms with Crippen LogP contribution in [-0.2, 0) is 13.0 Å². The summed E-state index contributed by atoms with van der Waals surface area (Å²) in [6, 6.07) is 6.18. The SMILES string of the molecule is Cc1nccn1CCNCCc1ccc2c(c1)OCCO2. The molecule has 2 aromatic rings. The summed E-state index contributed by atoms with van der Waals surface area (Å²) in [6.45, 7) is 6.15. The van der Waals surface area contributed by atoms with Crippen LogP contribution in [0, 0.1) is 6.92 Å². The fourth-order valence-corrected chi connectivity index (χ4v) is 2.44. The molecule has 1 aliphatic heterocycles. The molecule has 1 aliphatic rings. The Morgan fingerprint density at radius 3 is 2.86 bits per heavy atom. The maximum Gasteiger partial charge on any atom is 0.161 e. The second-order valence-corrected chi connectivity index (χ2v) is 5.15. The van der Waals surface area contributed by atoms with E-state index in [1.54, 1.807) is 0 Å². The van der Waals surface area contributed by atoms with Gasteiger partial charge in [0, 0.05) is 25.5 Å². The maximum absolute atomic E-state index is 5.60. The van der Waals surface area contributed by atoms with Crippen molar-refractivity contribution in [2.45, 2.75) is 19.9 Å². The van der Waals surface area contributed by atoms with Gasteiger partial charge in [-0.25, -0.2) is 4.98 Å². The molecule has 0 amide bonds. The van der Waals surface area contributed by atoms with Crippen LogP contribution in [0.3, 0.4) is 0 Å². The molecule has 1 aromatic carbocycles. The Balaban J connectivity index is 1.42. The van der Waals surface area contributed by atoms with E-state index >= 15 is 0 Å². The van der Waals surface area contributed by atoms with E-state index < -0.39 is 0 Å². The third-order valence-electron chi connectivity index (χ3n) is 3.65. The van der Waals surface area contributed by atoms with Gasteiger partial charge in [-0.1, -0.05) is 6.07 Å². The van der Waals surface area contributed by atoms with Crippen molar-refractivity contribution < 1.29 is 9.47 Å². The number of benzene rings is 1. The summed E-state index contributed by atoms with van der Waals surface area (Å²) in [5.74, 6) is 2.78. The summed E-state index contributed by atoms with van der Waals surface area (Å²) >= 11 is 0. The van der Waals surface area contributed by atoms with Gasteiger partial charge in [0.15, 0.2) is 11.5 Å². The molecule has 112 valence electrons. The molecule has 0 radical (unpaired) electrons. The zero-order valence-corrected chi connectivity index (χ0v) is 12.3. The van der Waals surface area contributed by atoms with E-state index in [2.05, 4.69) is 27.0 Å². The van der Waals surface area contributed by atoms with Crippen LogP contribution < -0.4 is 14.8 Å². The molecule has 0 unspecified atom stereocenters. The Bertz CT molecular complexity index is 595. The standard InChI is InChI=1S/C16H21N3O2/c1-13-18-7-9-19(13)8-6-17-5-4-14-2-3-15-16(12-14)21-11-10-20-15/h2-3,7,9,12,17H,4-6,8,10-11H2,1H3. The fourth-order valence-electron chi connectivity index (χ4n) is 2.44. The first-order valence-corrected chi connectivity index (χ1v) is 7.40. The molecule has 3 rings (SSSR count). The van der Waals surface area contributed by atoms with Crippen LogP contribution in [0.1, 0.15) is 11.4 Å². The second-order valence-electron chi connectivity index (χ2n) is 5.15. The normalized spacial score (nSPS) is 13.4. The van der Waals surface area contributed by atoms with Crippen molar-refractivity contribution in [2.75, 3.05) is 26.3 Å². The highest BCUT2D eigenvalue weighted by Crippen LogP contribution is 2.30. The lowest BCUT2D eigenvalue weighted by Crippen LogP contribution is -2.22. The van der Waals surface area contributed by atoms with Gasteiger partial charge in [0.25, 0.3) is 0 Å². The third kappa shape index (κ3) is 3.55. The Labute approximate surface area is 124 Å². The minimum atomic E-state index is 0.638. The van der Waals surface area contributed by atoms with Crippen molar-refractivity contribution in [1.29, 1.82) is 0 Å². The summed E-state index contributed by atoms with van der Waals surface area (Å²) in [5.41, 5.74) is 1.27. The molecule has 0 bridgehead atoms. The average molecular weight is 287 g/mol. The van der Waals surface area contributed by atoms with E-state index in [0.717, 1.165) is 43.4 Å². The molecular formula is C16H21N3O2. The molecule has 1 N–H and O–H groups in total. The lowest BCUT2D eigenvalue weighted by molar-refractivity contribution is 0.171. The predicted octanol–water partition coefficient (Wildman–Crippen LogP) is 1.80. The number of nitrogens with zero attached hydrogens (tertiary/aromatic N) is 2. The van der Waals surface area contributed by atoms with Gasteiger partial charge in [0.05, 0.1) is 0 Å². The molecule has 5 heteroatoms. The molecule has 0 saturated heterocycles. The number of hydrogen-bond acceptors (Lipinski definition) is 4. The van der Waals surface area contributed by atoms with Crippen molar-refractivity contribution in [3.8, 4) is 11.5 Å². The molecule has 5 nitrogen and oxygen atoms in total. The highest BCUT2D eigenvalue weighted by molar-refractivity contribution is 5.43. The Hall–Kier alpha value is -2.01. The van der Waals surface area contributed by atoms with Crippen molar-refractivity contribution in [3.63, 3.8) is 0 Å². The van der Waals surface area contributed by atoms with Crippen LogP contribution in [0.25, 0.3) is 0 Å². The van der Waals surface area contributed by atoms with Crippen molar-refractivity contribution in [2.24, 2.45) is 0 Å². The third-order valence-corrected chi connectivity index (χ3v) is 3.65. The molecule has 2 heterocycles. The Kier molecular flexibility index (Phi) is 4.40. The smallest absolute Gasteiger partial charge is 0.161 e. The van der Waals surface area contributed by atoms with Crippen LogP contribution in [0.4, 0.5) is 0 Å². The van der Waals surface area contributed by atoms with Crippen LogP contribution in [0.2, 0.25) is 0 Å². The largest absolute Gasteiger partial charge is 0.486 e. The summed E-state index contributed by atoms with van der Waals surface area (Å²) < 4.78 is 13.3. The van der Waals surface area contributed by atoms with Crippen LogP contribution in [0.15, 0.2) is 30.6 Å². The van der Waals surface area contributed by atoms with Gasteiger partial charge in [0.1, 0.15) is 19.0 Å². The van der Waals surface area contributed by atoms with Crippen LogP contribution in [0.5, 0.6) is 11.5 Å². The summed E-state index contributed by atoms with van der Waals surface area (Å²) in [7, 11) is 0. The van der Waals surface area contributed by atoms with Crippen LogP contribution in [-0.4, -0.2) is 35.9 Å². The second kappa shape index (κ2) is 6.63. The van der Waals surface area contributed by atoms with Gasteiger partial charge >= 0.3 is 0 Å². The lowest BCUT2D eigenvalue weighted by atomic mass is 10.1. The minimum Gasteiger partial charge on any atom is -0.486 e. The van der Waals surface area contributed by atoms with Gasteiger partial charge in [-0.15, -0.1) is 0 Å². The molecule has 0 atom stereocenters. The van der Waals surface area contributed by atoms with Gasteiger partial charge in [-0.05, 0) is 37.6 Å². The Morgan fingerprint density at radius 2 is 2.05 bits per heavy atom. The first-order valence-electron chi connectivity index (χ1n) is 7.40. The highest BCUT2D eigenvalue weighted by Gasteiger charge is 2.11. The summed E-state index contributed by atoms with van der Waals surface area (Å²) in [5, 5.41) is 3.46. The summed E-state index contributed by atoms with van der Waals surface area (Å²) in [4.78, 5) is 4.21. The first kappa shape index (κ1) is 13.9. The number of aromatic nitrogens is 2. The van der Waals surface area contributed by atoms with E-state index in [4.69, 9.17) is 9.47 Å². The monoisotopic (exact) mass is 287 g/mol. The van der Waals surface area contributed by atoms with E-state index in [-0.39, 0.29) is 0 Å².